The second-order valence-corrected chi connectivity index (χ2v) is 4.30. The third kappa shape index (κ3) is 4.94. The average Bonchev–Trinajstić information content (AvgIpc) is 2.74. The summed E-state index contributed by atoms with van der Waals surface area (Å²) < 4.78 is 46.3. The van der Waals surface area contributed by atoms with Crippen LogP contribution in [-0.4, -0.2) is 25.3 Å². The number of methoxy groups -OCH3 is 1. The summed E-state index contributed by atoms with van der Waals surface area (Å²) in [7, 11) is 1.22. The third-order valence-corrected chi connectivity index (χ3v) is 2.51. The molecule has 1 aromatic heterocycles. The molecule has 1 rings (SSSR count). The average molecular weight is 279 g/mol. The van der Waals surface area contributed by atoms with Gasteiger partial charge in [0.05, 0.1) is 19.6 Å². The highest BCUT2D eigenvalue weighted by Gasteiger charge is 2.30. The topological polar surface area (TPSA) is 51.5 Å². The summed E-state index contributed by atoms with van der Waals surface area (Å²) in [5.74, 6) is -0.217. The molecule has 4 nitrogen and oxygen atoms in total. The molecule has 7 heteroatoms. The Kier molecular flexibility index (Phi) is 4.99. The van der Waals surface area contributed by atoms with E-state index in [4.69, 9.17) is 4.42 Å². The van der Waals surface area contributed by atoms with Crippen molar-refractivity contribution in [2.45, 2.75) is 38.5 Å². The van der Waals surface area contributed by atoms with Gasteiger partial charge in [-0.3, -0.25) is 0 Å². The van der Waals surface area contributed by atoms with E-state index in [0.717, 1.165) is 0 Å². The van der Waals surface area contributed by atoms with Crippen molar-refractivity contribution in [2.24, 2.45) is 0 Å². The van der Waals surface area contributed by atoms with Gasteiger partial charge in [0.25, 0.3) is 0 Å². The number of halogens is 3. The van der Waals surface area contributed by atoms with Crippen molar-refractivity contribution in [3.05, 3.63) is 23.7 Å². The Morgan fingerprint density at radius 3 is 2.58 bits per heavy atom. The van der Waals surface area contributed by atoms with Crippen LogP contribution in [0.2, 0.25) is 0 Å². The minimum Gasteiger partial charge on any atom is -0.463 e. The predicted octanol–water partition coefficient (Wildman–Crippen LogP) is 3.06. The van der Waals surface area contributed by atoms with E-state index in [9.17, 15) is 18.0 Å². The van der Waals surface area contributed by atoms with Gasteiger partial charge in [-0.15, -0.1) is 0 Å². The molecule has 0 spiro atoms. The van der Waals surface area contributed by atoms with Crippen molar-refractivity contribution < 1.29 is 27.1 Å². The monoisotopic (exact) mass is 279 g/mol. The van der Waals surface area contributed by atoms with Crippen molar-refractivity contribution in [1.29, 1.82) is 0 Å². The molecule has 0 amide bonds. The molecule has 0 saturated carbocycles. The maximum absolute atomic E-state index is 12.2. The van der Waals surface area contributed by atoms with Gasteiger partial charge in [-0.25, -0.2) is 4.79 Å². The molecular weight excluding hydrogens is 263 g/mol. The number of carbonyl (C=O) groups is 1. The molecule has 2 unspecified atom stereocenters. The molecule has 0 radical (unpaired) electrons. The van der Waals surface area contributed by atoms with Gasteiger partial charge in [0.1, 0.15) is 5.76 Å². The molecule has 1 heterocycles. The molecular formula is C12H16F3NO3. The number of ether oxygens (including phenoxy) is 1. The Labute approximate surface area is 108 Å². The van der Waals surface area contributed by atoms with Crippen LogP contribution in [0.5, 0.6) is 0 Å². The van der Waals surface area contributed by atoms with E-state index >= 15 is 0 Å². The van der Waals surface area contributed by atoms with E-state index < -0.39 is 30.7 Å². The van der Waals surface area contributed by atoms with E-state index in [1.165, 1.54) is 26.2 Å². The molecule has 1 N–H and O–H groups in total. The van der Waals surface area contributed by atoms with Crippen molar-refractivity contribution in [3.8, 4) is 0 Å². The lowest BCUT2D eigenvalue weighted by Crippen LogP contribution is -2.33. The Bertz CT molecular complexity index is 428. The Morgan fingerprint density at radius 1 is 1.42 bits per heavy atom. The Morgan fingerprint density at radius 2 is 2.05 bits per heavy atom. The Balaban J connectivity index is 2.60. The number of hydrogen-bond acceptors (Lipinski definition) is 4. The lowest BCUT2D eigenvalue weighted by atomic mass is 10.2. The second-order valence-electron chi connectivity index (χ2n) is 4.30. The van der Waals surface area contributed by atoms with Gasteiger partial charge in [-0.1, -0.05) is 0 Å². The summed E-state index contributed by atoms with van der Waals surface area (Å²) >= 11 is 0. The molecule has 1 aromatic rings. The van der Waals surface area contributed by atoms with E-state index in [-0.39, 0.29) is 5.76 Å². The first-order chi connectivity index (χ1) is 8.73. The molecule has 0 aromatic carbocycles. The molecule has 19 heavy (non-hydrogen) atoms. The minimum atomic E-state index is -4.22. The van der Waals surface area contributed by atoms with E-state index in [0.29, 0.717) is 5.76 Å². The molecule has 0 aliphatic heterocycles. The van der Waals surface area contributed by atoms with Gasteiger partial charge in [-0.2, -0.15) is 13.2 Å². The maximum Gasteiger partial charge on any atom is 0.390 e. The van der Waals surface area contributed by atoms with Gasteiger partial charge in [0.2, 0.25) is 5.76 Å². The summed E-state index contributed by atoms with van der Waals surface area (Å²) in [6.45, 7) is 3.10. The van der Waals surface area contributed by atoms with Crippen LogP contribution >= 0.6 is 0 Å². The number of carbonyl (C=O) groups excluding carboxylic acids is 1. The molecule has 0 saturated heterocycles. The largest absolute Gasteiger partial charge is 0.463 e. The van der Waals surface area contributed by atoms with Crippen LogP contribution in [0.25, 0.3) is 0 Å². The van der Waals surface area contributed by atoms with E-state index in [2.05, 4.69) is 10.1 Å². The molecule has 2 atom stereocenters. The molecule has 108 valence electrons. The van der Waals surface area contributed by atoms with Crippen molar-refractivity contribution in [2.75, 3.05) is 7.11 Å². The smallest absolute Gasteiger partial charge is 0.390 e. The van der Waals surface area contributed by atoms with Crippen LogP contribution in [-0.2, 0) is 4.74 Å². The number of hydrogen-bond donors (Lipinski definition) is 1. The fourth-order valence-corrected chi connectivity index (χ4v) is 1.71. The molecule has 0 bridgehead atoms. The van der Waals surface area contributed by atoms with Crippen LogP contribution < -0.4 is 5.32 Å². The normalized spacial score (nSPS) is 15.1. The lowest BCUT2D eigenvalue weighted by molar-refractivity contribution is -0.139. The van der Waals surface area contributed by atoms with Crippen LogP contribution in [0.3, 0.4) is 0 Å². The number of esters is 1. The highest BCUT2D eigenvalue weighted by Crippen LogP contribution is 2.23. The zero-order valence-electron chi connectivity index (χ0n) is 10.9. The number of furan rings is 1. The van der Waals surface area contributed by atoms with E-state index in [1.807, 2.05) is 0 Å². The Hall–Kier alpha value is -1.50. The lowest BCUT2D eigenvalue weighted by Gasteiger charge is -2.19. The first kappa shape index (κ1) is 15.6. The minimum absolute atomic E-state index is 0.0228. The molecule has 0 aliphatic carbocycles. The van der Waals surface area contributed by atoms with Crippen LogP contribution in [0.15, 0.2) is 16.5 Å². The fourth-order valence-electron chi connectivity index (χ4n) is 1.71. The standard InChI is InChI=1S/C12H16F3NO3/c1-7(6-12(13,14)15)16-8(2)9-4-5-10(19-9)11(17)18-3/h4-5,7-8,16H,6H2,1-3H3. The first-order valence-electron chi connectivity index (χ1n) is 5.73. The van der Waals surface area contributed by atoms with Crippen LogP contribution in [0, 0.1) is 0 Å². The first-order valence-corrected chi connectivity index (χ1v) is 5.73. The van der Waals surface area contributed by atoms with Crippen LogP contribution in [0.4, 0.5) is 13.2 Å². The zero-order valence-corrected chi connectivity index (χ0v) is 10.9. The highest BCUT2D eigenvalue weighted by atomic mass is 19.4. The number of rotatable bonds is 5. The van der Waals surface area contributed by atoms with Crippen LogP contribution in [0.1, 0.15) is 42.6 Å². The van der Waals surface area contributed by atoms with Crippen molar-refractivity contribution in [1.82, 2.24) is 5.32 Å². The van der Waals surface area contributed by atoms with Crippen molar-refractivity contribution >= 4 is 5.97 Å². The summed E-state index contributed by atoms with van der Waals surface area (Å²) in [5.41, 5.74) is 0. The number of nitrogens with one attached hydrogen (secondary N) is 1. The van der Waals surface area contributed by atoms with Gasteiger partial charge in [-0.05, 0) is 26.0 Å². The summed E-state index contributed by atoms with van der Waals surface area (Å²) in [6, 6.07) is 1.77. The second kappa shape index (κ2) is 6.10. The fraction of sp³-hybridized carbons (Fsp3) is 0.583. The summed E-state index contributed by atoms with van der Waals surface area (Å²) in [4.78, 5) is 11.2. The molecule has 0 aliphatic rings. The SMILES string of the molecule is COC(=O)c1ccc(C(C)NC(C)CC(F)(F)F)o1. The maximum atomic E-state index is 12.2. The predicted molar refractivity (Wildman–Crippen MR) is 61.7 cm³/mol. The van der Waals surface area contributed by atoms with Gasteiger partial charge < -0.3 is 14.5 Å². The molecule has 0 fully saturated rings. The summed E-state index contributed by atoms with van der Waals surface area (Å²) in [6.07, 6.45) is -5.14. The van der Waals surface area contributed by atoms with E-state index in [1.54, 1.807) is 6.92 Å². The quantitative estimate of drug-likeness (QED) is 0.842. The third-order valence-electron chi connectivity index (χ3n) is 2.51. The highest BCUT2D eigenvalue weighted by molar-refractivity contribution is 5.86. The van der Waals surface area contributed by atoms with Gasteiger partial charge >= 0.3 is 12.1 Å². The van der Waals surface area contributed by atoms with Crippen molar-refractivity contribution in [3.63, 3.8) is 0 Å². The van der Waals surface area contributed by atoms with Gasteiger partial charge in [0, 0.05) is 6.04 Å². The summed E-state index contributed by atoms with van der Waals surface area (Å²) in [5, 5.41) is 2.76. The zero-order chi connectivity index (χ0) is 14.6. The van der Waals surface area contributed by atoms with Gasteiger partial charge in [0.15, 0.2) is 0 Å². The number of alkyl halides is 3.